The highest BCUT2D eigenvalue weighted by Gasteiger charge is 2.16. The average molecular weight is 187 g/mol. The molecule has 0 amide bonds. The van der Waals surface area contributed by atoms with Gasteiger partial charge in [-0.1, -0.05) is 0 Å². The van der Waals surface area contributed by atoms with Crippen molar-refractivity contribution in [2.75, 3.05) is 6.54 Å². The van der Waals surface area contributed by atoms with Crippen molar-refractivity contribution >= 4 is 11.0 Å². The second-order valence-corrected chi connectivity index (χ2v) is 3.94. The van der Waals surface area contributed by atoms with Gasteiger partial charge in [0.05, 0.1) is 6.26 Å². The first-order chi connectivity index (χ1) is 6.84. The van der Waals surface area contributed by atoms with Gasteiger partial charge in [-0.2, -0.15) is 0 Å². The Morgan fingerprint density at radius 2 is 2.36 bits per heavy atom. The van der Waals surface area contributed by atoms with E-state index in [1.54, 1.807) is 6.26 Å². The summed E-state index contributed by atoms with van der Waals surface area (Å²) in [4.78, 5) is 0. The van der Waals surface area contributed by atoms with E-state index in [4.69, 9.17) is 4.42 Å². The van der Waals surface area contributed by atoms with Crippen LogP contribution in [0.25, 0.3) is 11.0 Å². The van der Waals surface area contributed by atoms with Gasteiger partial charge in [-0.05, 0) is 49.2 Å². The van der Waals surface area contributed by atoms with E-state index in [9.17, 15) is 0 Å². The Labute approximate surface area is 82.9 Å². The zero-order valence-electron chi connectivity index (χ0n) is 8.21. The maximum absolute atomic E-state index is 5.40. The first kappa shape index (κ1) is 8.06. The van der Waals surface area contributed by atoms with Crippen molar-refractivity contribution in [3.8, 4) is 0 Å². The highest BCUT2D eigenvalue weighted by atomic mass is 16.3. The van der Waals surface area contributed by atoms with Gasteiger partial charge in [0.2, 0.25) is 0 Å². The second kappa shape index (κ2) is 2.85. The number of furan rings is 1. The molecule has 0 bridgehead atoms. The van der Waals surface area contributed by atoms with Crippen LogP contribution in [-0.2, 0) is 6.42 Å². The van der Waals surface area contributed by atoms with Crippen LogP contribution in [0.5, 0.6) is 0 Å². The van der Waals surface area contributed by atoms with Gasteiger partial charge in [-0.15, -0.1) is 0 Å². The molecule has 3 rings (SSSR count). The van der Waals surface area contributed by atoms with E-state index in [0.717, 1.165) is 18.5 Å². The first-order valence-electron chi connectivity index (χ1n) is 5.08. The molecule has 1 N–H and O–H groups in total. The van der Waals surface area contributed by atoms with Crippen LogP contribution < -0.4 is 5.32 Å². The summed E-state index contributed by atoms with van der Waals surface area (Å²) in [7, 11) is 0. The number of benzene rings is 1. The van der Waals surface area contributed by atoms with Crippen LogP contribution in [0.2, 0.25) is 0 Å². The molecule has 0 spiro atoms. The largest absolute Gasteiger partial charge is 0.464 e. The molecule has 0 radical (unpaired) electrons. The number of rotatable bonds is 0. The Balaban J connectivity index is 2.27. The van der Waals surface area contributed by atoms with Crippen LogP contribution in [-0.4, -0.2) is 6.54 Å². The monoisotopic (exact) mass is 187 g/mol. The molecule has 14 heavy (non-hydrogen) atoms. The number of nitrogens with one attached hydrogen (secondary N) is 1. The first-order valence-corrected chi connectivity index (χ1v) is 5.08. The minimum atomic E-state index is 0.452. The van der Waals surface area contributed by atoms with Gasteiger partial charge in [0.1, 0.15) is 5.58 Å². The number of hydrogen-bond acceptors (Lipinski definition) is 2. The Morgan fingerprint density at radius 3 is 3.29 bits per heavy atom. The molecule has 0 saturated heterocycles. The van der Waals surface area contributed by atoms with E-state index in [0.29, 0.717) is 6.04 Å². The topological polar surface area (TPSA) is 25.2 Å². The van der Waals surface area contributed by atoms with Crippen molar-refractivity contribution < 1.29 is 4.42 Å². The van der Waals surface area contributed by atoms with Gasteiger partial charge in [0.15, 0.2) is 0 Å². The molecule has 1 aromatic heterocycles. The molecule has 2 heterocycles. The SMILES string of the molecule is CC1NCCc2cc3ccoc3cc21. The van der Waals surface area contributed by atoms with Crippen LogP contribution in [0.15, 0.2) is 28.9 Å². The fourth-order valence-corrected chi connectivity index (χ4v) is 2.23. The molecule has 1 atom stereocenters. The summed E-state index contributed by atoms with van der Waals surface area (Å²) in [6.07, 6.45) is 2.88. The molecule has 1 aromatic carbocycles. The minimum Gasteiger partial charge on any atom is -0.464 e. The van der Waals surface area contributed by atoms with Crippen LogP contribution in [0.4, 0.5) is 0 Å². The Morgan fingerprint density at radius 1 is 1.43 bits per heavy atom. The highest BCUT2D eigenvalue weighted by molar-refractivity contribution is 5.79. The lowest BCUT2D eigenvalue weighted by molar-refractivity contribution is 0.539. The summed E-state index contributed by atoms with van der Waals surface area (Å²) in [5.41, 5.74) is 3.85. The quantitative estimate of drug-likeness (QED) is 0.686. The third-order valence-electron chi connectivity index (χ3n) is 3.03. The Bertz CT molecular complexity index is 472. The van der Waals surface area contributed by atoms with E-state index in [2.05, 4.69) is 24.4 Å². The number of hydrogen-bond donors (Lipinski definition) is 1. The van der Waals surface area contributed by atoms with Crippen molar-refractivity contribution in [3.63, 3.8) is 0 Å². The van der Waals surface area contributed by atoms with Gasteiger partial charge >= 0.3 is 0 Å². The summed E-state index contributed by atoms with van der Waals surface area (Å²) in [5, 5.41) is 4.67. The summed E-state index contributed by atoms with van der Waals surface area (Å²) in [6, 6.07) is 6.91. The zero-order valence-corrected chi connectivity index (χ0v) is 8.21. The van der Waals surface area contributed by atoms with Gasteiger partial charge in [0, 0.05) is 11.4 Å². The lowest BCUT2D eigenvalue weighted by Crippen LogP contribution is -2.27. The van der Waals surface area contributed by atoms with Crippen molar-refractivity contribution in [2.24, 2.45) is 0 Å². The molecule has 1 unspecified atom stereocenters. The van der Waals surface area contributed by atoms with Crippen molar-refractivity contribution in [2.45, 2.75) is 19.4 Å². The van der Waals surface area contributed by atoms with Crippen molar-refractivity contribution in [1.29, 1.82) is 0 Å². The smallest absolute Gasteiger partial charge is 0.134 e. The fraction of sp³-hybridized carbons (Fsp3) is 0.333. The maximum Gasteiger partial charge on any atom is 0.134 e. The molecule has 1 aliphatic heterocycles. The van der Waals surface area contributed by atoms with Gasteiger partial charge in [-0.3, -0.25) is 0 Å². The fourth-order valence-electron chi connectivity index (χ4n) is 2.23. The van der Waals surface area contributed by atoms with E-state index >= 15 is 0 Å². The Hall–Kier alpha value is -1.28. The normalized spacial score (nSPS) is 21.1. The molecule has 72 valence electrons. The van der Waals surface area contributed by atoms with Crippen molar-refractivity contribution in [3.05, 3.63) is 35.6 Å². The summed E-state index contributed by atoms with van der Waals surface area (Å²) >= 11 is 0. The zero-order chi connectivity index (χ0) is 9.54. The van der Waals surface area contributed by atoms with Crippen LogP contribution >= 0.6 is 0 Å². The predicted octanol–water partition coefficient (Wildman–Crippen LogP) is 2.64. The van der Waals surface area contributed by atoms with E-state index < -0.39 is 0 Å². The molecular formula is C12H13NO. The summed E-state index contributed by atoms with van der Waals surface area (Å²) in [5.74, 6) is 0. The maximum atomic E-state index is 5.40. The Kier molecular flexibility index (Phi) is 1.64. The molecule has 0 saturated carbocycles. The molecule has 2 nitrogen and oxygen atoms in total. The molecule has 2 heteroatoms. The van der Waals surface area contributed by atoms with Crippen LogP contribution in [0.3, 0.4) is 0 Å². The third kappa shape index (κ3) is 1.07. The average Bonchev–Trinajstić information content (AvgIpc) is 2.62. The summed E-state index contributed by atoms with van der Waals surface area (Å²) < 4.78 is 5.40. The summed E-state index contributed by atoms with van der Waals surface area (Å²) in [6.45, 7) is 3.28. The van der Waals surface area contributed by atoms with Crippen molar-refractivity contribution in [1.82, 2.24) is 5.32 Å². The van der Waals surface area contributed by atoms with Gasteiger partial charge in [-0.25, -0.2) is 0 Å². The van der Waals surface area contributed by atoms with Gasteiger partial charge in [0.25, 0.3) is 0 Å². The molecular weight excluding hydrogens is 174 g/mol. The molecule has 0 aliphatic carbocycles. The highest BCUT2D eigenvalue weighted by Crippen LogP contribution is 2.28. The molecule has 2 aromatic rings. The lowest BCUT2D eigenvalue weighted by Gasteiger charge is -2.23. The van der Waals surface area contributed by atoms with Gasteiger partial charge < -0.3 is 9.73 Å². The standard InChI is InChI=1S/C12H13NO/c1-8-11-7-12-10(3-5-14-12)6-9(11)2-4-13-8/h3,5-8,13H,2,4H2,1H3. The third-order valence-corrected chi connectivity index (χ3v) is 3.03. The van der Waals surface area contributed by atoms with E-state index in [1.165, 1.54) is 16.5 Å². The van der Waals surface area contributed by atoms with Crippen LogP contribution in [0, 0.1) is 0 Å². The number of fused-ring (bicyclic) bond motifs is 2. The minimum absolute atomic E-state index is 0.452. The van der Waals surface area contributed by atoms with E-state index in [-0.39, 0.29) is 0 Å². The molecule has 1 aliphatic rings. The van der Waals surface area contributed by atoms with Crippen LogP contribution in [0.1, 0.15) is 24.1 Å². The second-order valence-electron chi connectivity index (χ2n) is 3.94. The lowest BCUT2D eigenvalue weighted by atomic mass is 9.94. The molecule has 0 fully saturated rings. The van der Waals surface area contributed by atoms with E-state index in [1.807, 2.05) is 6.07 Å². The predicted molar refractivity (Wildman–Crippen MR) is 56.3 cm³/mol.